The SMILES string of the molecule is CCNC(=O)Nc1nc2cc(-c3cccnc3)cc(C(=O)NN)c2s1.CCNC(=O)Nc1nc2cc(-c3cccnc3)cc(C(=O)OC)c2s1. The minimum absolute atomic E-state index is 0.339. The first-order valence-corrected chi connectivity index (χ1v) is 16.8. The van der Waals surface area contributed by atoms with Gasteiger partial charge in [-0.05, 0) is 61.4 Å². The maximum atomic E-state index is 12.2. The fourth-order valence-electron chi connectivity index (χ4n) is 4.68. The van der Waals surface area contributed by atoms with Crippen LogP contribution in [0.25, 0.3) is 42.7 Å². The lowest BCUT2D eigenvalue weighted by atomic mass is 10.0. The van der Waals surface area contributed by atoms with Crippen molar-refractivity contribution < 1.29 is 23.9 Å². The van der Waals surface area contributed by atoms with Crippen LogP contribution in [0.15, 0.2) is 73.3 Å². The van der Waals surface area contributed by atoms with Gasteiger partial charge in [0.1, 0.15) is 0 Å². The molecule has 0 aliphatic heterocycles. The second kappa shape index (κ2) is 16.4. The number of nitrogens with two attached hydrogens (primary N) is 1. The van der Waals surface area contributed by atoms with E-state index in [0.29, 0.717) is 54.9 Å². The summed E-state index contributed by atoms with van der Waals surface area (Å²) < 4.78 is 6.19. The van der Waals surface area contributed by atoms with Crippen LogP contribution in [-0.2, 0) is 4.74 Å². The zero-order chi connectivity index (χ0) is 35.6. The molecule has 15 nitrogen and oxygen atoms in total. The number of hydrogen-bond acceptors (Lipinski definition) is 12. The number of aromatic nitrogens is 4. The van der Waals surface area contributed by atoms with Gasteiger partial charge in [0.05, 0.1) is 38.7 Å². The van der Waals surface area contributed by atoms with Crippen LogP contribution in [0.5, 0.6) is 0 Å². The molecule has 7 N–H and O–H groups in total. The molecule has 5 amide bonds. The number of anilines is 2. The van der Waals surface area contributed by atoms with E-state index in [1.165, 1.54) is 29.8 Å². The fraction of sp³-hybridized carbons (Fsp3) is 0.152. The summed E-state index contributed by atoms with van der Waals surface area (Å²) in [7, 11) is 1.33. The number of hydrogen-bond donors (Lipinski definition) is 6. The number of hydrazine groups is 1. The van der Waals surface area contributed by atoms with Crippen LogP contribution in [0.2, 0.25) is 0 Å². The quantitative estimate of drug-likeness (QED) is 0.0512. The topological polar surface area (TPSA) is 215 Å². The van der Waals surface area contributed by atoms with Crippen molar-refractivity contribution in [3.63, 3.8) is 0 Å². The Morgan fingerprint density at radius 1 is 0.720 bits per heavy atom. The molecular weight excluding hydrogens is 681 g/mol. The van der Waals surface area contributed by atoms with Crippen LogP contribution in [0.3, 0.4) is 0 Å². The molecule has 0 radical (unpaired) electrons. The smallest absolute Gasteiger partial charge is 0.339 e. The van der Waals surface area contributed by atoms with E-state index in [1.54, 1.807) is 36.9 Å². The Balaban J connectivity index is 0.000000194. The summed E-state index contributed by atoms with van der Waals surface area (Å²) in [6.45, 7) is 4.66. The maximum absolute atomic E-state index is 12.2. The molecule has 256 valence electrons. The van der Waals surface area contributed by atoms with Gasteiger partial charge in [0, 0.05) is 49.0 Å². The van der Waals surface area contributed by atoms with Gasteiger partial charge >= 0.3 is 18.0 Å². The second-order valence-electron chi connectivity index (χ2n) is 10.2. The van der Waals surface area contributed by atoms with Crippen molar-refractivity contribution in [2.24, 2.45) is 5.84 Å². The average Bonchev–Trinajstić information content (AvgIpc) is 3.74. The predicted molar refractivity (Wildman–Crippen MR) is 194 cm³/mol. The first kappa shape index (κ1) is 35.3. The number of benzene rings is 2. The van der Waals surface area contributed by atoms with Gasteiger partial charge in [-0.25, -0.2) is 30.2 Å². The number of ether oxygens (including phenoxy) is 1. The highest BCUT2D eigenvalue weighted by Crippen LogP contribution is 2.35. The molecule has 0 bridgehead atoms. The first-order chi connectivity index (χ1) is 24.2. The van der Waals surface area contributed by atoms with Crippen LogP contribution < -0.4 is 32.5 Å². The van der Waals surface area contributed by atoms with Crippen molar-refractivity contribution in [2.45, 2.75) is 13.8 Å². The normalized spacial score (nSPS) is 10.5. The van der Waals surface area contributed by atoms with Gasteiger partial charge in [0.2, 0.25) is 0 Å². The molecule has 4 heterocycles. The summed E-state index contributed by atoms with van der Waals surface area (Å²) in [5.74, 6) is 4.42. The van der Waals surface area contributed by atoms with Gasteiger partial charge in [-0.1, -0.05) is 34.8 Å². The minimum Gasteiger partial charge on any atom is -0.465 e. The van der Waals surface area contributed by atoms with E-state index in [1.807, 2.05) is 50.2 Å². The summed E-state index contributed by atoms with van der Waals surface area (Å²) >= 11 is 2.44. The largest absolute Gasteiger partial charge is 0.465 e. The van der Waals surface area contributed by atoms with Gasteiger partial charge in [0.25, 0.3) is 5.91 Å². The number of methoxy groups -OCH3 is 1. The monoisotopic (exact) mass is 712 g/mol. The molecule has 0 spiro atoms. The first-order valence-electron chi connectivity index (χ1n) is 15.1. The number of carbonyl (C=O) groups is 4. The number of nitrogen functional groups attached to an aromatic ring is 1. The van der Waals surface area contributed by atoms with E-state index < -0.39 is 11.9 Å². The van der Waals surface area contributed by atoms with Gasteiger partial charge in [-0.15, -0.1) is 0 Å². The van der Waals surface area contributed by atoms with E-state index in [0.717, 1.165) is 22.3 Å². The standard InChI is InChI=1S/C17H16N4O3S.C16H16N6O2S/c1-3-19-16(23)21-17-20-13-8-11(10-5-4-6-18-9-10)7-12(14(13)25-17)15(22)24-2;1-2-19-15(24)21-16-20-12-7-10(9-4-3-5-18-8-9)6-11(13(12)25-16)14(23)22-17/h4-9H,3H2,1-2H3,(H2,19,20,21,23);3-8H,2,17H2,1H3,(H,22,23)(H2,19,20,21,24). The Bertz CT molecular complexity index is 2000. The highest BCUT2D eigenvalue weighted by molar-refractivity contribution is 7.23. The number of thiazole rings is 2. The zero-order valence-electron chi connectivity index (χ0n) is 27.1. The Labute approximate surface area is 293 Å². The molecule has 6 rings (SSSR count). The molecule has 0 fully saturated rings. The maximum Gasteiger partial charge on any atom is 0.339 e. The van der Waals surface area contributed by atoms with Crippen molar-refractivity contribution in [3.8, 4) is 22.3 Å². The summed E-state index contributed by atoms with van der Waals surface area (Å²) in [4.78, 5) is 64.8. The summed E-state index contributed by atoms with van der Waals surface area (Å²) in [5, 5.41) is 11.4. The number of nitrogens with zero attached hydrogens (tertiary/aromatic N) is 4. The number of amides is 5. The van der Waals surface area contributed by atoms with E-state index >= 15 is 0 Å². The molecule has 0 atom stereocenters. The number of fused-ring (bicyclic) bond motifs is 2. The number of nitrogens with one attached hydrogen (secondary N) is 5. The Morgan fingerprint density at radius 2 is 1.20 bits per heavy atom. The highest BCUT2D eigenvalue weighted by atomic mass is 32.1. The Kier molecular flexibility index (Phi) is 11.6. The summed E-state index contributed by atoms with van der Waals surface area (Å²) in [6.07, 6.45) is 6.77. The lowest BCUT2D eigenvalue weighted by Gasteiger charge is -2.05. The van der Waals surface area contributed by atoms with Crippen LogP contribution in [0.1, 0.15) is 34.6 Å². The number of esters is 1. The van der Waals surface area contributed by atoms with Crippen molar-refractivity contribution in [2.75, 3.05) is 30.8 Å². The molecule has 0 saturated carbocycles. The van der Waals surface area contributed by atoms with E-state index in [9.17, 15) is 19.2 Å². The lowest BCUT2D eigenvalue weighted by molar-refractivity contribution is 0.0603. The van der Waals surface area contributed by atoms with Crippen LogP contribution in [0, 0.1) is 0 Å². The van der Waals surface area contributed by atoms with Gasteiger partial charge in [0.15, 0.2) is 10.3 Å². The van der Waals surface area contributed by atoms with Gasteiger partial charge < -0.3 is 15.4 Å². The average molecular weight is 713 g/mol. The Hall–Kier alpha value is -6.04. The molecule has 0 saturated heterocycles. The zero-order valence-corrected chi connectivity index (χ0v) is 28.7. The van der Waals surface area contributed by atoms with E-state index in [2.05, 4.69) is 46.6 Å². The van der Waals surface area contributed by atoms with Crippen LogP contribution >= 0.6 is 22.7 Å². The van der Waals surface area contributed by atoms with Crippen LogP contribution in [0.4, 0.5) is 19.9 Å². The molecular formula is C33H32N10O5S2. The molecule has 0 aliphatic carbocycles. The fourth-order valence-corrected chi connectivity index (χ4v) is 6.58. The Morgan fingerprint density at radius 3 is 1.62 bits per heavy atom. The van der Waals surface area contributed by atoms with Gasteiger partial charge in [-0.2, -0.15) is 0 Å². The van der Waals surface area contributed by atoms with Gasteiger partial charge in [-0.3, -0.25) is 30.8 Å². The van der Waals surface area contributed by atoms with E-state index in [-0.39, 0.29) is 12.1 Å². The van der Waals surface area contributed by atoms with Crippen molar-refractivity contribution in [1.82, 2.24) is 36.0 Å². The number of pyridine rings is 2. The number of carbonyl (C=O) groups excluding carboxylic acids is 4. The summed E-state index contributed by atoms with van der Waals surface area (Å²) in [6, 6.07) is 13.9. The third-order valence-electron chi connectivity index (χ3n) is 6.87. The van der Waals surface area contributed by atoms with E-state index in [4.69, 9.17) is 10.6 Å². The highest BCUT2D eigenvalue weighted by Gasteiger charge is 2.19. The third kappa shape index (κ3) is 8.32. The molecule has 50 heavy (non-hydrogen) atoms. The van der Waals surface area contributed by atoms with Crippen molar-refractivity contribution in [3.05, 3.63) is 84.4 Å². The molecule has 4 aromatic heterocycles. The number of rotatable bonds is 8. The lowest BCUT2D eigenvalue weighted by Crippen LogP contribution is -2.30. The molecule has 6 aromatic rings. The van der Waals surface area contributed by atoms with Crippen molar-refractivity contribution >= 4 is 77.3 Å². The predicted octanol–water partition coefficient (Wildman–Crippen LogP) is 5.39. The summed E-state index contributed by atoms with van der Waals surface area (Å²) in [5.41, 5.74) is 7.44. The molecule has 2 aromatic carbocycles. The molecule has 0 aliphatic rings. The third-order valence-corrected chi connectivity index (χ3v) is 8.91. The molecule has 17 heteroatoms. The van der Waals surface area contributed by atoms with Crippen LogP contribution in [-0.4, -0.2) is 64.1 Å². The van der Waals surface area contributed by atoms with Crippen molar-refractivity contribution in [1.29, 1.82) is 0 Å². The second-order valence-corrected chi connectivity index (χ2v) is 12.2. The minimum atomic E-state index is -0.455. The molecule has 0 unspecified atom stereocenters. The number of urea groups is 2.